The van der Waals surface area contributed by atoms with Crippen molar-refractivity contribution in [3.63, 3.8) is 0 Å². The Labute approximate surface area is 149 Å². The molecule has 6 heteroatoms. The van der Waals surface area contributed by atoms with Crippen molar-refractivity contribution < 1.29 is 19.0 Å². The third-order valence-corrected chi connectivity index (χ3v) is 5.42. The summed E-state index contributed by atoms with van der Waals surface area (Å²) in [6, 6.07) is 5.87. The van der Waals surface area contributed by atoms with Crippen LogP contribution in [0.4, 0.5) is 0 Å². The minimum atomic E-state index is -0.0712. The molecule has 1 aromatic rings. The fourth-order valence-corrected chi connectivity index (χ4v) is 3.98. The summed E-state index contributed by atoms with van der Waals surface area (Å²) in [5.41, 5.74) is 0.892. The minimum absolute atomic E-state index is 0.0712. The van der Waals surface area contributed by atoms with Gasteiger partial charge in [-0.05, 0) is 43.7 Å². The molecule has 1 amide bonds. The molecular formula is C19H28N2O4. The molecule has 0 aliphatic carbocycles. The van der Waals surface area contributed by atoms with Crippen LogP contribution in [0.5, 0.6) is 0 Å². The van der Waals surface area contributed by atoms with Crippen LogP contribution >= 0.6 is 0 Å². The predicted molar refractivity (Wildman–Crippen MR) is 93.0 cm³/mol. The molecule has 25 heavy (non-hydrogen) atoms. The van der Waals surface area contributed by atoms with Gasteiger partial charge in [-0.15, -0.1) is 0 Å². The first-order valence-electron chi connectivity index (χ1n) is 9.12. The van der Waals surface area contributed by atoms with E-state index in [9.17, 15) is 4.79 Å². The average Bonchev–Trinajstić information content (AvgIpc) is 3.02. The maximum absolute atomic E-state index is 12.0. The number of likely N-dealkylation sites (tertiary alicyclic amines) is 1. The molecule has 6 nitrogen and oxygen atoms in total. The number of piperidine rings is 1. The number of carbonyl (C=O) groups excluding carboxylic acids is 1. The van der Waals surface area contributed by atoms with E-state index in [1.165, 1.54) is 0 Å². The van der Waals surface area contributed by atoms with Gasteiger partial charge in [-0.25, -0.2) is 0 Å². The number of amides is 1. The van der Waals surface area contributed by atoms with Gasteiger partial charge in [0.2, 0.25) is 5.91 Å². The van der Waals surface area contributed by atoms with E-state index >= 15 is 0 Å². The average molecular weight is 348 g/mol. The third kappa shape index (κ3) is 4.57. The molecule has 1 atom stereocenters. The molecule has 2 fully saturated rings. The smallest absolute Gasteiger partial charge is 0.248 e. The maximum atomic E-state index is 12.0. The minimum Gasteiger partial charge on any atom is -0.375 e. The summed E-state index contributed by atoms with van der Waals surface area (Å²) in [5.74, 6) is 0.585. The molecule has 138 valence electrons. The van der Waals surface area contributed by atoms with Gasteiger partial charge >= 0.3 is 0 Å². The second-order valence-corrected chi connectivity index (χ2v) is 6.87. The molecule has 2 saturated heterocycles. The van der Waals surface area contributed by atoms with E-state index in [4.69, 9.17) is 14.2 Å². The van der Waals surface area contributed by atoms with Gasteiger partial charge in [0.25, 0.3) is 0 Å². The summed E-state index contributed by atoms with van der Waals surface area (Å²) in [7, 11) is 1.56. The molecule has 0 radical (unpaired) electrons. The first-order valence-corrected chi connectivity index (χ1v) is 9.12. The van der Waals surface area contributed by atoms with Gasteiger partial charge in [0.15, 0.2) is 0 Å². The monoisotopic (exact) mass is 348 g/mol. The fourth-order valence-electron chi connectivity index (χ4n) is 3.98. The Bertz CT molecular complexity index is 544. The highest BCUT2D eigenvalue weighted by Gasteiger charge is 2.46. The Balaban J connectivity index is 1.44. The molecule has 0 saturated carbocycles. The van der Waals surface area contributed by atoms with E-state index in [0.29, 0.717) is 12.5 Å². The summed E-state index contributed by atoms with van der Waals surface area (Å²) in [6.45, 7) is 3.77. The lowest BCUT2D eigenvalue weighted by Gasteiger charge is -2.42. The Morgan fingerprint density at radius 1 is 1.40 bits per heavy atom. The van der Waals surface area contributed by atoms with Crippen LogP contribution in [0.15, 0.2) is 24.4 Å². The number of nitrogens with zero attached hydrogens (tertiary/aromatic N) is 2. The zero-order valence-electron chi connectivity index (χ0n) is 15.0. The van der Waals surface area contributed by atoms with Gasteiger partial charge in [-0.3, -0.25) is 9.78 Å². The molecule has 3 heterocycles. The molecule has 1 aromatic heterocycles. The molecular weight excluding hydrogens is 320 g/mol. The second-order valence-electron chi connectivity index (χ2n) is 6.87. The summed E-state index contributed by atoms with van der Waals surface area (Å²) in [6.07, 6.45) is 5.69. The van der Waals surface area contributed by atoms with Gasteiger partial charge in [0.1, 0.15) is 6.61 Å². The second kappa shape index (κ2) is 8.74. The van der Waals surface area contributed by atoms with Gasteiger partial charge in [0.05, 0.1) is 17.9 Å². The lowest BCUT2D eigenvalue weighted by molar-refractivity contribution is -0.141. The molecule has 0 bridgehead atoms. The molecule has 2 aliphatic rings. The Morgan fingerprint density at radius 3 is 2.96 bits per heavy atom. The van der Waals surface area contributed by atoms with E-state index in [1.54, 1.807) is 13.3 Å². The number of hydrogen-bond donors (Lipinski definition) is 0. The van der Waals surface area contributed by atoms with Crippen LogP contribution in [0.3, 0.4) is 0 Å². The normalized spacial score (nSPS) is 22.4. The van der Waals surface area contributed by atoms with Crippen molar-refractivity contribution >= 4 is 5.91 Å². The summed E-state index contributed by atoms with van der Waals surface area (Å²) in [5, 5.41) is 0. The summed E-state index contributed by atoms with van der Waals surface area (Å²) >= 11 is 0. The van der Waals surface area contributed by atoms with Crippen LogP contribution in [0, 0.1) is 5.92 Å². The highest BCUT2D eigenvalue weighted by molar-refractivity contribution is 5.77. The van der Waals surface area contributed by atoms with Crippen LogP contribution in [0.25, 0.3) is 0 Å². The SMILES string of the molecule is COCC(=O)N1CCC2(CC1)OCC[C@@H]2CCOCc1ccccn1. The molecule has 2 aliphatic heterocycles. The lowest BCUT2D eigenvalue weighted by atomic mass is 9.78. The number of ether oxygens (including phenoxy) is 3. The molecule has 3 rings (SSSR count). The third-order valence-electron chi connectivity index (χ3n) is 5.42. The van der Waals surface area contributed by atoms with Gasteiger partial charge in [-0.1, -0.05) is 6.07 Å². The zero-order valence-corrected chi connectivity index (χ0v) is 15.0. The zero-order chi connectivity index (χ0) is 17.5. The standard InChI is InChI=1S/C19H28N2O4/c1-23-15-18(22)21-10-7-19(8-11-21)16(6-13-25-19)5-12-24-14-17-4-2-3-9-20-17/h2-4,9,16H,5-8,10-15H2,1H3/t16-/m0/s1. The highest BCUT2D eigenvalue weighted by Crippen LogP contribution is 2.42. The molecule has 0 aromatic carbocycles. The van der Waals surface area contributed by atoms with Crippen LogP contribution in [-0.4, -0.2) is 61.4 Å². The van der Waals surface area contributed by atoms with E-state index in [1.807, 2.05) is 23.1 Å². The first-order chi connectivity index (χ1) is 12.2. The molecule has 0 N–H and O–H groups in total. The van der Waals surface area contributed by atoms with E-state index in [2.05, 4.69) is 4.98 Å². The van der Waals surface area contributed by atoms with E-state index in [-0.39, 0.29) is 18.1 Å². The van der Waals surface area contributed by atoms with Gasteiger partial charge in [-0.2, -0.15) is 0 Å². The number of carbonyl (C=O) groups is 1. The largest absolute Gasteiger partial charge is 0.375 e. The number of methoxy groups -OCH3 is 1. The van der Waals surface area contributed by atoms with Crippen molar-refractivity contribution in [3.05, 3.63) is 30.1 Å². The number of hydrogen-bond acceptors (Lipinski definition) is 5. The lowest BCUT2D eigenvalue weighted by Crippen LogP contribution is -2.50. The maximum Gasteiger partial charge on any atom is 0.248 e. The number of rotatable bonds is 7. The fraction of sp³-hybridized carbons (Fsp3) is 0.684. The van der Waals surface area contributed by atoms with Crippen molar-refractivity contribution in [1.29, 1.82) is 0 Å². The van der Waals surface area contributed by atoms with Gasteiger partial charge in [0, 0.05) is 39.6 Å². The Hall–Kier alpha value is -1.50. The van der Waals surface area contributed by atoms with E-state index < -0.39 is 0 Å². The first kappa shape index (κ1) is 18.3. The van der Waals surface area contributed by atoms with E-state index in [0.717, 1.165) is 57.7 Å². The predicted octanol–water partition coefficient (Wildman–Crippen LogP) is 2.03. The van der Waals surface area contributed by atoms with Crippen LogP contribution < -0.4 is 0 Å². The van der Waals surface area contributed by atoms with Crippen molar-refractivity contribution in [2.45, 2.75) is 37.9 Å². The number of aromatic nitrogens is 1. The Morgan fingerprint density at radius 2 is 2.24 bits per heavy atom. The molecule has 0 unspecified atom stereocenters. The van der Waals surface area contributed by atoms with Gasteiger partial charge < -0.3 is 19.1 Å². The number of pyridine rings is 1. The quantitative estimate of drug-likeness (QED) is 0.706. The van der Waals surface area contributed by atoms with Crippen LogP contribution in [0.2, 0.25) is 0 Å². The van der Waals surface area contributed by atoms with Crippen molar-refractivity contribution in [3.8, 4) is 0 Å². The summed E-state index contributed by atoms with van der Waals surface area (Å²) < 4.78 is 16.9. The highest BCUT2D eigenvalue weighted by atomic mass is 16.5. The topological polar surface area (TPSA) is 60.9 Å². The van der Waals surface area contributed by atoms with Crippen molar-refractivity contribution in [2.24, 2.45) is 5.92 Å². The van der Waals surface area contributed by atoms with Crippen LogP contribution in [0.1, 0.15) is 31.4 Å². The van der Waals surface area contributed by atoms with Crippen molar-refractivity contribution in [1.82, 2.24) is 9.88 Å². The van der Waals surface area contributed by atoms with Crippen LogP contribution in [-0.2, 0) is 25.6 Å². The molecule has 1 spiro atoms. The Kier molecular flexibility index (Phi) is 6.39. The summed E-state index contributed by atoms with van der Waals surface area (Å²) in [4.78, 5) is 18.1. The van der Waals surface area contributed by atoms with Crippen molar-refractivity contribution in [2.75, 3.05) is 40.0 Å².